The molecule has 2 N–H and O–H groups in total. The number of anilines is 1. The Morgan fingerprint density at radius 3 is 2.78 bits per heavy atom. The van der Waals surface area contributed by atoms with Gasteiger partial charge in [0.15, 0.2) is 11.5 Å². The van der Waals surface area contributed by atoms with Crippen molar-refractivity contribution in [1.82, 2.24) is 0 Å². The third-order valence-electron chi connectivity index (χ3n) is 3.51. The minimum Gasteiger partial charge on any atom is -0.504 e. The molecular weight excluding hydrogens is 348 g/mol. The first-order valence-electron chi connectivity index (χ1n) is 8.04. The number of esters is 1. The summed E-state index contributed by atoms with van der Waals surface area (Å²) >= 11 is 0. The van der Waals surface area contributed by atoms with Crippen LogP contribution in [0.2, 0.25) is 0 Å². The molecule has 27 heavy (non-hydrogen) atoms. The number of nitrogens with zero attached hydrogens (tertiary/aromatic N) is 1. The zero-order valence-corrected chi connectivity index (χ0v) is 14.6. The van der Waals surface area contributed by atoms with Crippen LogP contribution < -0.4 is 10.1 Å². The maximum absolute atomic E-state index is 11.9. The van der Waals surface area contributed by atoms with Crippen LogP contribution in [0.5, 0.6) is 11.5 Å². The number of hydrogen-bond acceptors (Lipinski definition) is 6. The minimum absolute atomic E-state index is 0.00112. The molecule has 0 aliphatic heterocycles. The SMILES string of the molecule is COc1cc(/C=C/C(=O)OCCC(=O)Nc2ccccc2C#N)ccc1O. The predicted octanol–water partition coefficient (Wildman–Crippen LogP) is 2.86. The summed E-state index contributed by atoms with van der Waals surface area (Å²) < 4.78 is 9.96. The first-order valence-corrected chi connectivity index (χ1v) is 8.04. The third kappa shape index (κ3) is 5.90. The smallest absolute Gasteiger partial charge is 0.330 e. The molecule has 0 fully saturated rings. The van der Waals surface area contributed by atoms with E-state index in [1.54, 1.807) is 36.4 Å². The Hall–Kier alpha value is -3.79. The summed E-state index contributed by atoms with van der Waals surface area (Å²) in [5, 5.41) is 21.1. The molecule has 2 rings (SSSR count). The fourth-order valence-corrected chi connectivity index (χ4v) is 2.16. The maximum atomic E-state index is 11.9. The number of hydrogen-bond donors (Lipinski definition) is 2. The number of amides is 1. The number of ether oxygens (including phenoxy) is 2. The van der Waals surface area contributed by atoms with E-state index in [-0.39, 0.29) is 24.7 Å². The molecule has 7 heteroatoms. The van der Waals surface area contributed by atoms with Crippen LogP contribution in [0, 0.1) is 11.3 Å². The second-order valence-electron chi connectivity index (χ2n) is 5.39. The first kappa shape index (κ1) is 19.5. The van der Waals surface area contributed by atoms with Gasteiger partial charge in [0.1, 0.15) is 12.7 Å². The second-order valence-corrected chi connectivity index (χ2v) is 5.39. The molecule has 0 saturated heterocycles. The van der Waals surface area contributed by atoms with Crippen molar-refractivity contribution in [2.45, 2.75) is 6.42 Å². The van der Waals surface area contributed by atoms with E-state index in [0.29, 0.717) is 22.6 Å². The van der Waals surface area contributed by atoms with Crippen molar-refractivity contribution >= 4 is 23.6 Å². The molecule has 2 aromatic carbocycles. The standard InChI is InChI=1S/C20H18N2O5/c1-26-18-12-14(6-8-17(18)23)7-9-20(25)27-11-10-19(24)22-16-5-3-2-4-15(16)13-21/h2-9,12,23H,10-11H2,1H3,(H,22,24)/b9-7+. The average Bonchev–Trinajstić information content (AvgIpc) is 2.67. The molecule has 2 aromatic rings. The van der Waals surface area contributed by atoms with Gasteiger partial charge < -0.3 is 19.9 Å². The molecule has 0 heterocycles. The van der Waals surface area contributed by atoms with E-state index in [4.69, 9.17) is 14.7 Å². The Balaban J connectivity index is 1.80. The lowest BCUT2D eigenvalue weighted by Gasteiger charge is -2.07. The van der Waals surface area contributed by atoms with Crippen LogP contribution in [0.1, 0.15) is 17.5 Å². The van der Waals surface area contributed by atoms with Crippen molar-refractivity contribution in [3.05, 3.63) is 59.7 Å². The number of para-hydroxylation sites is 1. The lowest BCUT2D eigenvalue weighted by atomic mass is 10.2. The second kappa shape index (κ2) is 9.63. The van der Waals surface area contributed by atoms with Crippen LogP contribution >= 0.6 is 0 Å². The van der Waals surface area contributed by atoms with Crippen LogP contribution in [-0.2, 0) is 14.3 Å². The van der Waals surface area contributed by atoms with E-state index in [0.717, 1.165) is 0 Å². The quantitative estimate of drug-likeness (QED) is 0.576. The Bertz CT molecular complexity index is 899. The fourth-order valence-electron chi connectivity index (χ4n) is 2.16. The highest BCUT2D eigenvalue weighted by Gasteiger charge is 2.07. The van der Waals surface area contributed by atoms with Crippen LogP contribution in [-0.4, -0.2) is 30.7 Å². The van der Waals surface area contributed by atoms with Gasteiger partial charge in [0.25, 0.3) is 0 Å². The number of benzene rings is 2. The maximum Gasteiger partial charge on any atom is 0.330 e. The molecule has 7 nitrogen and oxygen atoms in total. The van der Waals surface area contributed by atoms with E-state index in [1.807, 2.05) is 6.07 Å². The molecule has 0 aliphatic carbocycles. The first-order chi connectivity index (χ1) is 13.0. The van der Waals surface area contributed by atoms with Crippen molar-refractivity contribution in [3.8, 4) is 17.6 Å². The molecular formula is C20H18N2O5. The van der Waals surface area contributed by atoms with Gasteiger partial charge in [-0.05, 0) is 35.9 Å². The average molecular weight is 366 g/mol. The predicted molar refractivity (Wildman–Crippen MR) is 99.1 cm³/mol. The molecule has 0 unspecified atom stereocenters. The summed E-state index contributed by atoms with van der Waals surface area (Å²) in [7, 11) is 1.43. The highest BCUT2D eigenvalue weighted by molar-refractivity contribution is 5.92. The number of nitriles is 1. The van der Waals surface area contributed by atoms with Gasteiger partial charge in [-0.25, -0.2) is 4.79 Å². The molecule has 0 saturated carbocycles. The number of methoxy groups -OCH3 is 1. The van der Waals surface area contributed by atoms with Crippen LogP contribution in [0.3, 0.4) is 0 Å². The number of rotatable bonds is 7. The molecule has 0 atom stereocenters. The van der Waals surface area contributed by atoms with Gasteiger partial charge in [0, 0.05) is 6.08 Å². The van der Waals surface area contributed by atoms with Gasteiger partial charge in [-0.15, -0.1) is 0 Å². The highest BCUT2D eigenvalue weighted by atomic mass is 16.5. The van der Waals surface area contributed by atoms with E-state index in [9.17, 15) is 14.7 Å². The largest absolute Gasteiger partial charge is 0.504 e. The monoisotopic (exact) mass is 366 g/mol. The van der Waals surface area contributed by atoms with Crippen molar-refractivity contribution in [2.24, 2.45) is 0 Å². The molecule has 0 aromatic heterocycles. The summed E-state index contributed by atoms with van der Waals surface area (Å²) in [5.41, 5.74) is 1.42. The number of phenols is 1. The number of carbonyl (C=O) groups excluding carboxylic acids is 2. The Morgan fingerprint density at radius 1 is 1.26 bits per heavy atom. The molecule has 0 radical (unpaired) electrons. The summed E-state index contributed by atoms with van der Waals surface area (Å²) in [4.78, 5) is 23.6. The fraction of sp³-hybridized carbons (Fsp3) is 0.150. The van der Waals surface area contributed by atoms with Crippen LogP contribution in [0.4, 0.5) is 5.69 Å². The van der Waals surface area contributed by atoms with E-state index >= 15 is 0 Å². The zero-order valence-electron chi connectivity index (χ0n) is 14.6. The van der Waals surface area contributed by atoms with Crippen molar-refractivity contribution in [2.75, 3.05) is 19.0 Å². The lowest BCUT2D eigenvalue weighted by molar-refractivity contribution is -0.138. The van der Waals surface area contributed by atoms with Crippen molar-refractivity contribution in [1.29, 1.82) is 5.26 Å². The highest BCUT2D eigenvalue weighted by Crippen LogP contribution is 2.26. The third-order valence-corrected chi connectivity index (χ3v) is 3.51. The number of aromatic hydroxyl groups is 1. The Morgan fingerprint density at radius 2 is 2.04 bits per heavy atom. The molecule has 1 amide bonds. The summed E-state index contributed by atoms with van der Waals surface area (Å²) in [5.74, 6) is -0.675. The zero-order chi connectivity index (χ0) is 19.6. The summed E-state index contributed by atoms with van der Waals surface area (Å²) in [6, 6.07) is 13.2. The number of carbonyl (C=O) groups is 2. The topological polar surface area (TPSA) is 109 Å². The van der Waals surface area contributed by atoms with E-state index in [2.05, 4.69) is 5.32 Å². The molecule has 0 spiro atoms. The number of phenolic OH excluding ortho intramolecular Hbond substituents is 1. The Labute approximate surface area is 156 Å². The van der Waals surface area contributed by atoms with Crippen LogP contribution in [0.15, 0.2) is 48.5 Å². The van der Waals surface area contributed by atoms with Gasteiger partial charge in [-0.1, -0.05) is 18.2 Å². The van der Waals surface area contributed by atoms with Gasteiger partial charge in [0.2, 0.25) is 5.91 Å². The van der Waals surface area contributed by atoms with Crippen molar-refractivity contribution in [3.63, 3.8) is 0 Å². The van der Waals surface area contributed by atoms with Gasteiger partial charge >= 0.3 is 5.97 Å². The summed E-state index contributed by atoms with van der Waals surface area (Å²) in [6.45, 7) is -0.0946. The van der Waals surface area contributed by atoms with Gasteiger partial charge in [-0.3, -0.25) is 4.79 Å². The summed E-state index contributed by atoms with van der Waals surface area (Å²) in [6.07, 6.45) is 2.69. The Kier molecular flexibility index (Phi) is 6.97. The van der Waals surface area contributed by atoms with Gasteiger partial charge in [0.05, 0.1) is 24.8 Å². The van der Waals surface area contributed by atoms with E-state index in [1.165, 1.54) is 25.3 Å². The number of nitrogens with one attached hydrogen (secondary N) is 1. The molecule has 0 bridgehead atoms. The van der Waals surface area contributed by atoms with Crippen LogP contribution in [0.25, 0.3) is 6.08 Å². The lowest BCUT2D eigenvalue weighted by Crippen LogP contribution is -2.16. The van der Waals surface area contributed by atoms with Crippen molar-refractivity contribution < 1.29 is 24.2 Å². The van der Waals surface area contributed by atoms with E-state index < -0.39 is 5.97 Å². The molecule has 138 valence electrons. The minimum atomic E-state index is -0.604. The normalized spacial score (nSPS) is 10.2. The van der Waals surface area contributed by atoms with Gasteiger partial charge in [-0.2, -0.15) is 5.26 Å². The molecule has 0 aliphatic rings.